The zero-order chi connectivity index (χ0) is 18.5. The Morgan fingerprint density at radius 3 is 2.04 bits per heavy atom. The van der Waals surface area contributed by atoms with Crippen LogP contribution in [0.4, 0.5) is 5.69 Å². The molecule has 1 N–H and O–H groups in total. The van der Waals surface area contributed by atoms with E-state index in [4.69, 9.17) is 0 Å². The number of hydrogen-bond donors (Lipinski definition) is 1. The molecule has 0 aromatic heterocycles. The zero-order valence-corrected chi connectivity index (χ0v) is 15.5. The van der Waals surface area contributed by atoms with Gasteiger partial charge in [-0.25, -0.2) is 0 Å². The molecule has 1 saturated heterocycles. The summed E-state index contributed by atoms with van der Waals surface area (Å²) in [6.45, 7) is 3.32. The molecule has 1 saturated carbocycles. The Balaban J connectivity index is 1.48. The average molecular weight is 356 g/mol. The molecule has 2 fully saturated rings. The van der Waals surface area contributed by atoms with Gasteiger partial charge >= 0.3 is 0 Å². The van der Waals surface area contributed by atoms with Crippen molar-refractivity contribution in [2.75, 3.05) is 18.4 Å². The van der Waals surface area contributed by atoms with Crippen molar-refractivity contribution in [2.24, 2.45) is 11.8 Å². The molecule has 0 atom stereocenters. The van der Waals surface area contributed by atoms with Gasteiger partial charge in [0.2, 0.25) is 11.8 Å². The SMILES string of the molecule is CC(=O)c1ccc(NC(=O)C2CCC(C(=O)N3CCCCC3)CC2)cc1. The largest absolute Gasteiger partial charge is 0.342 e. The molecule has 2 amide bonds. The number of nitrogens with one attached hydrogen (secondary N) is 1. The van der Waals surface area contributed by atoms with Crippen LogP contribution in [-0.2, 0) is 9.59 Å². The Kier molecular flexibility index (Phi) is 6.07. The third kappa shape index (κ3) is 4.51. The monoisotopic (exact) mass is 356 g/mol. The third-order valence-electron chi connectivity index (χ3n) is 5.67. The minimum Gasteiger partial charge on any atom is -0.342 e. The highest BCUT2D eigenvalue weighted by atomic mass is 16.2. The predicted molar refractivity (Wildman–Crippen MR) is 101 cm³/mol. The van der Waals surface area contributed by atoms with Gasteiger partial charge in [0.05, 0.1) is 0 Å². The van der Waals surface area contributed by atoms with Crippen LogP contribution >= 0.6 is 0 Å². The Labute approximate surface area is 155 Å². The van der Waals surface area contributed by atoms with Gasteiger partial charge in [-0.05, 0) is 76.1 Å². The molecular weight excluding hydrogens is 328 g/mol. The van der Waals surface area contributed by atoms with Gasteiger partial charge < -0.3 is 10.2 Å². The van der Waals surface area contributed by atoms with Crippen molar-refractivity contribution >= 4 is 23.3 Å². The van der Waals surface area contributed by atoms with E-state index in [1.165, 1.54) is 13.3 Å². The molecule has 1 aliphatic heterocycles. The molecule has 0 spiro atoms. The number of likely N-dealkylation sites (tertiary alicyclic amines) is 1. The van der Waals surface area contributed by atoms with Crippen molar-refractivity contribution in [3.8, 4) is 0 Å². The van der Waals surface area contributed by atoms with Crippen LogP contribution < -0.4 is 5.32 Å². The van der Waals surface area contributed by atoms with E-state index in [1.807, 2.05) is 4.90 Å². The molecule has 1 aliphatic carbocycles. The van der Waals surface area contributed by atoms with Crippen molar-refractivity contribution < 1.29 is 14.4 Å². The molecule has 5 heteroatoms. The van der Waals surface area contributed by atoms with Crippen LogP contribution in [0, 0.1) is 11.8 Å². The van der Waals surface area contributed by atoms with Gasteiger partial charge in [0.15, 0.2) is 5.78 Å². The fourth-order valence-electron chi connectivity index (χ4n) is 4.01. The molecular formula is C21H28N2O3. The molecule has 0 radical (unpaired) electrons. The van der Waals surface area contributed by atoms with Gasteiger partial charge in [0.25, 0.3) is 0 Å². The zero-order valence-electron chi connectivity index (χ0n) is 15.5. The van der Waals surface area contributed by atoms with Crippen molar-refractivity contribution in [2.45, 2.75) is 51.9 Å². The second kappa shape index (κ2) is 8.47. The summed E-state index contributed by atoms with van der Waals surface area (Å²) < 4.78 is 0. The van der Waals surface area contributed by atoms with Crippen molar-refractivity contribution in [1.82, 2.24) is 4.90 Å². The van der Waals surface area contributed by atoms with E-state index >= 15 is 0 Å². The molecule has 3 rings (SSSR count). The van der Waals surface area contributed by atoms with E-state index in [0.29, 0.717) is 17.2 Å². The van der Waals surface area contributed by atoms with Gasteiger partial charge in [0, 0.05) is 36.2 Å². The van der Waals surface area contributed by atoms with E-state index in [2.05, 4.69) is 5.32 Å². The van der Waals surface area contributed by atoms with Crippen LogP contribution in [0.25, 0.3) is 0 Å². The van der Waals surface area contributed by atoms with Crippen LogP contribution in [-0.4, -0.2) is 35.6 Å². The Hall–Kier alpha value is -2.17. The fourth-order valence-corrected chi connectivity index (χ4v) is 4.01. The number of carbonyl (C=O) groups is 3. The van der Waals surface area contributed by atoms with Gasteiger partial charge in [-0.2, -0.15) is 0 Å². The highest BCUT2D eigenvalue weighted by Crippen LogP contribution is 2.31. The fraction of sp³-hybridized carbons (Fsp3) is 0.571. The summed E-state index contributed by atoms with van der Waals surface area (Å²) in [6.07, 6.45) is 6.60. The normalized spacial score (nSPS) is 23.3. The van der Waals surface area contributed by atoms with Crippen molar-refractivity contribution in [3.05, 3.63) is 29.8 Å². The van der Waals surface area contributed by atoms with Crippen LogP contribution in [0.3, 0.4) is 0 Å². The second-order valence-corrected chi connectivity index (χ2v) is 7.56. The Morgan fingerprint density at radius 1 is 0.885 bits per heavy atom. The van der Waals surface area contributed by atoms with Crippen molar-refractivity contribution in [3.63, 3.8) is 0 Å². The summed E-state index contributed by atoms with van der Waals surface area (Å²) in [5.74, 6) is 0.382. The van der Waals surface area contributed by atoms with Gasteiger partial charge in [-0.15, -0.1) is 0 Å². The first-order valence-electron chi connectivity index (χ1n) is 9.75. The number of Topliss-reactive ketones (excluding diaryl/α,β-unsaturated/α-hetero) is 1. The summed E-state index contributed by atoms with van der Waals surface area (Å²) in [5.41, 5.74) is 1.35. The number of benzene rings is 1. The minimum absolute atomic E-state index is 0.0135. The van der Waals surface area contributed by atoms with Gasteiger partial charge in [-0.3, -0.25) is 14.4 Å². The maximum Gasteiger partial charge on any atom is 0.227 e. The number of hydrogen-bond acceptors (Lipinski definition) is 3. The first kappa shape index (κ1) is 18.6. The summed E-state index contributed by atoms with van der Waals surface area (Å²) >= 11 is 0. The van der Waals surface area contributed by atoms with Gasteiger partial charge in [0.1, 0.15) is 0 Å². The lowest BCUT2D eigenvalue weighted by Crippen LogP contribution is -2.41. The first-order valence-corrected chi connectivity index (χ1v) is 9.75. The molecule has 5 nitrogen and oxygen atoms in total. The highest BCUT2D eigenvalue weighted by Gasteiger charge is 2.32. The first-order chi connectivity index (χ1) is 12.5. The third-order valence-corrected chi connectivity index (χ3v) is 5.67. The van der Waals surface area contributed by atoms with E-state index in [9.17, 15) is 14.4 Å². The minimum atomic E-state index is -0.0344. The number of amides is 2. The molecule has 2 aliphatic rings. The number of ketones is 1. The van der Waals surface area contributed by atoms with E-state index in [1.54, 1.807) is 24.3 Å². The van der Waals surface area contributed by atoms with E-state index < -0.39 is 0 Å². The lowest BCUT2D eigenvalue weighted by atomic mass is 9.80. The molecule has 1 aromatic carbocycles. The average Bonchev–Trinajstić information content (AvgIpc) is 2.68. The Morgan fingerprint density at radius 2 is 1.46 bits per heavy atom. The summed E-state index contributed by atoms with van der Waals surface area (Å²) in [6, 6.07) is 6.98. The quantitative estimate of drug-likeness (QED) is 0.838. The van der Waals surface area contributed by atoms with Gasteiger partial charge in [-0.1, -0.05) is 0 Å². The molecule has 1 heterocycles. The van der Waals surface area contributed by atoms with Crippen LogP contribution in [0.2, 0.25) is 0 Å². The molecule has 1 aromatic rings. The number of nitrogens with zero attached hydrogens (tertiary/aromatic N) is 1. The lowest BCUT2D eigenvalue weighted by molar-refractivity contribution is -0.138. The number of carbonyl (C=O) groups excluding carboxylic acids is 3. The molecule has 0 unspecified atom stereocenters. The lowest BCUT2D eigenvalue weighted by Gasteiger charge is -2.33. The highest BCUT2D eigenvalue weighted by molar-refractivity contribution is 5.96. The standard InChI is InChI=1S/C21H28N2O3/c1-15(24)16-9-11-19(12-10-16)22-20(25)17-5-7-18(8-6-17)21(26)23-13-3-2-4-14-23/h9-12,17-18H,2-8,13-14H2,1H3,(H,22,25). The van der Waals surface area contributed by atoms with Crippen molar-refractivity contribution in [1.29, 1.82) is 0 Å². The molecule has 0 bridgehead atoms. The smallest absolute Gasteiger partial charge is 0.227 e. The Bertz CT molecular complexity index is 654. The summed E-state index contributed by atoms with van der Waals surface area (Å²) in [7, 11) is 0. The maximum atomic E-state index is 12.6. The van der Waals surface area contributed by atoms with E-state index in [-0.39, 0.29) is 23.5 Å². The molecule has 26 heavy (non-hydrogen) atoms. The number of anilines is 1. The van der Waals surface area contributed by atoms with Crippen LogP contribution in [0.1, 0.15) is 62.2 Å². The topological polar surface area (TPSA) is 66.5 Å². The maximum absolute atomic E-state index is 12.6. The number of piperidine rings is 1. The van der Waals surface area contributed by atoms with E-state index in [0.717, 1.165) is 51.6 Å². The molecule has 140 valence electrons. The summed E-state index contributed by atoms with van der Waals surface area (Å²) in [5, 5.41) is 2.94. The summed E-state index contributed by atoms with van der Waals surface area (Å²) in [4.78, 5) is 38.4. The predicted octanol–water partition coefficient (Wildman–Crippen LogP) is 3.65. The van der Waals surface area contributed by atoms with Crippen LogP contribution in [0.5, 0.6) is 0 Å². The van der Waals surface area contributed by atoms with Crippen LogP contribution in [0.15, 0.2) is 24.3 Å². The second-order valence-electron chi connectivity index (χ2n) is 7.56. The number of rotatable bonds is 4.